The van der Waals surface area contributed by atoms with E-state index in [9.17, 15) is 4.79 Å². The summed E-state index contributed by atoms with van der Waals surface area (Å²) in [6.07, 6.45) is 0.0647. The fourth-order valence-corrected chi connectivity index (χ4v) is 2.15. The first-order valence-corrected chi connectivity index (χ1v) is 6.76. The van der Waals surface area contributed by atoms with Gasteiger partial charge in [-0.3, -0.25) is 4.79 Å². The van der Waals surface area contributed by atoms with Crippen LogP contribution in [-0.4, -0.2) is 34.2 Å². The molecule has 0 aliphatic heterocycles. The van der Waals surface area contributed by atoms with Gasteiger partial charge in [0.25, 0.3) is 0 Å². The molecule has 1 aromatic rings. The molecule has 0 aliphatic rings. The molecule has 0 heterocycles. The van der Waals surface area contributed by atoms with Crippen LogP contribution >= 0.6 is 23.8 Å². The molecule has 6 heteroatoms. The highest BCUT2D eigenvalue weighted by molar-refractivity contribution is 7.80. The summed E-state index contributed by atoms with van der Waals surface area (Å²) >= 11 is 11.2. The molecule has 0 aromatic heterocycles. The highest BCUT2D eigenvalue weighted by Gasteiger charge is 2.10. The second-order valence-electron chi connectivity index (χ2n) is 4.11. The van der Waals surface area contributed by atoms with E-state index in [0.717, 1.165) is 11.3 Å². The van der Waals surface area contributed by atoms with Crippen molar-refractivity contribution in [2.45, 2.75) is 20.3 Å². The monoisotopic (exact) mass is 300 g/mol. The fraction of sp³-hybridized carbons (Fsp3) is 0.385. The quantitative estimate of drug-likeness (QED) is 0.818. The summed E-state index contributed by atoms with van der Waals surface area (Å²) in [4.78, 5) is 12.4. The van der Waals surface area contributed by atoms with Gasteiger partial charge in [0.2, 0.25) is 0 Å². The molecule has 1 rings (SSSR count). The van der Waals surface area contributed by atoms with Crippen LogP contribution in [0.4, 0.5) is 5.69 Å². The first kappa shape index (κ1) is 15.7. The normalized spacial score (nSPS) is 10.1. The molecule has 19 heavy (non-hydrogen) atoms. The van der Waals surface area contributed by atoms with Crippen LogP contribution in [0.5, 0.6) is 0 Å². The van der Waals surface area contributed by atoms with Gasteiger partial charge in [-0.05, 0) is 49.8 Å². The van der Waals surface area contributed by atoms with Gasteiger partial charge >= 0.3 is 5.97 Å². The number of nitrogens with zero attached hydrogens (tertiary/aromatic N) is 1. The zero-order chi connectivity index (χ0) is 14.4. The second kappa shape index (κ2) is 7.31. The van der Waals surface area contributed by atoms with Crippen molar-refractivity contribution >= 4 is 40.6 Å². The molecular formula is C13H17ClN2O2S. The fourth-order valence-electron chi connectivity index (χ4n) is 1.60. The SMILES string of the molecule is CCN(CCC(=O)O)C(=S)Nc1ccc(Cl)cc1C. The van der Waals surface area contributed by atoms with Crippen LogP contribution in [0.2, 0.25) is 5.02 Å². The van der Waals surface area contributed by atoms with Crippen molar-refractivity contribution in [2.24, 2.45) is 0 Å². The molecule has 0 aliphatic carbocycles. The van der Waals surface area contributed by atoms with E-state index in [1.807, 2.05) is 30.9 Å². The average molecular weight is 301 g/mol. The zero-order valence-corrected chi connectivity index (χ0v) is 12.5. The summed E-state index contributed by atoms with van der Waals surface area (Å²) in [7, 11) is 0. The Labute approximate surface area is 123 Å². The molecule has 4 nitrogen and oxygen atoms in total. The van der Waals surface area contributed by atoms with E-state index in [4.69, 9.17) is 28.9 Å². The molecular weight excluding hydrogens is 284 g/mol. The third-order valence-electron chi connectivity index (χ3n) is 2.69. The Hall–Kier alpha value is -1.33. The number of thiocarbonyl (C=S) groups is 1. The third-order valence-corrected chi connectivity index (χ3v) is 3.29. The molecule has 0 saturated carbocycles. The molecule has 0 bridgehead atoms. The van der Waals surface area contributed by atoms with Crippen LogP contribution in [0.25, 0.3) is 0 Å². The Morgan fingerprint density at radius 2 is 2.21 bits per heavy atom. The molecule has 0 radical (unpaired) electrons. The lowest BCUT2D eigenvalue weighted by Gasteiger charge is -2.24. The van der Waals surface area contributed by atoms with Gasteiger partial charge in [-0.2, -0.15) is 0 Å². The second-order valence-corrected chi connectivity index (χ2v) is 4.94. The number of carboxylic acid groups (broad SMARTS) is 1. The highest BCUT2D eigenvalue weighted by atomic mass is 35.5. The van der Waals surface area contributed by atoms with Gasteiger partial charge in [0.05, 0.1) is 6.42 Å². The Balaban J connectivity index is 2.68. The molecule has 0 saturated heterocycles. The lowest BCUT2D eigenvalue weighted by Crippen LogP contribution is -2.36. The Morgan fingerprint density at radius 1 is 1.53 bits per heavy atom. The van der Waals surface area contributed by atoms with Crippen molar-refractivity contribution in [3.05, 3.63) is 28.8 Å². The summed E-state index contributed by atoms with van der Waals surface area (Å²) in [6, 6.07) is 5.49. The summed E-state index contributed by atoms with van der Waals surface area (Å²) < 4.78 is 0. The minimum atomic E-state index is -0.830. The molecule has 1 aromatic carbocycles. The third kappa shape index (κ3) is 5.04. The van der Waals surface area contributed by atoms with Gasteiger partial charge in [0, 0.05) is 23.8 Å². The van der Waals surface area contributed by atoms with Crippen LogP contribution in [0.3, 0.4) is 0 Å². The predicted molar refractivity (Wildman–Crippen MR) is 81.9 cm³/mol. The Morgan fingerprint density at radius 3 is 2.74 bits per heavy atom. The Kier molecular flexibility index (Phi) is 6.05. The lowest BCUT2D eigenvalue weighted by atomic mass is 10.2. The molecule has 0 spiro atoms. The maximum atomic E-state index is 10.6. The number of hydrogen-bond donors (Lipinski definition) is 2. The minimum Gasteiger partial charge on any atom is -0.481 e. The molecule has 0 unspecified atom stereocenters. The number of anilines is 1. The largest absolute Gasteiger partial charge is 0.481 e. The van der Waals surface area contributed by atoms with E-state index in [1.54, 1.807) is 6.07 Å². The average Bonchev–Trinajstić information content (AvgIpc) is 2.33. The number of benzene rings is 1. The van der Waals surface area contributed by atoms with Gasteiger partial charge in [-0.1, -0.05) is 11.6 Å². The summed E-state index contributed by atoms with van der Waals surface area (Å²) in [5.74, 6) is -0.830. The molecule has 0 fully saturated rings. The topological polar surface area (TPSA) is 52.6 Å². The highest BCUT2D eigenvalue weighted by Crippen LogP contribution is 2.20. The van der Waals surface area contributed by atoms with E-state index in [-0.39, 0.29) is 6.42 Å². The van der Waals surface area contributed by atoms with Crippen LogP contribution in [0, 0.1) is 6.92 Å². The van der Waals surface area contributed by atoms with Crippen molar-refractivity contribution < 1.29 is 9.90 Å². The number of hydrogen-bond acceptors (Lipinski definition) is 2. The van der Waals surface area contributed by atoms with Crippen LogP contribution in [-0.2, 0) is 4.79 Å². The number of halogens is 1. The van der Waals surface area contributed by atoms with Gasteiger partial charge in [-0.15, -0.1) is 0 Å². The summed E-state index contributed by atoms with van der Waals surface area (Å²) in [6.45, 7) is 4.92. The van der Waals surface area contributed by atoms with Crippen molar-refractivity contribution in [3.63, 3.8) is 0 Å². The first-order valence-electron chi connectivity index (χ1n) is 5.98. The van der Waals surface area contributed by atoms with Crippen LogP contribution in [0.1, 0.15) is 18.9 Å². The zero-order valence-electron chi connectivity index (χ0n) is 10.9. The smallest absolute Gasteiger partial charge is 0.305 e. The van der Waals surface area contributed by atoms with E-state index in [1.165, 1.54) is 0 Å². The number of carboxylic acids is 1. The lowest BCUT2D eigenvalue weighted by molar-refractivity contribution is -0.137. The van der Waals surface area contributed by atoms with E-state index in [0.29, 0.717) is 23.2 Å². The number of carbonyl (C=O) groups is 1. The summed E-state index contributed by atoms with van der Waals surface area (Å²) in [5.41, 5.74) is 1.87. The van der Waals surface area contributed by atoms with Gasteiger partial charge < -0.3 is 15.3 Å². The minimum absolute atomic E-state index is 0.0647. The molecule has 104 valence electrons. The van der Waals surface area contributed by atoms with Gasteiger partial charge in [-0.25, -0.2) is 0 Å². The Bertz CT molecular complexity index is 480. The van der Waals surface area contributed by atoms with Crippen LogP contribution < -0.4 is 5.32 Å². The molecule has 0 amide bonds. The number of aryl methyl sites for hydroxylation is 1. The van der Waals surface area contributed by atoms with Gasteiger partial charge in [0.1, 0.15) is 0 Å². The molecule has 0 atom stereocenters. The maximum absolute atomic E-state index is 10.6. The summed E-state index contributed by atoms with van der Waals surface area (Å²) in [5, 5.41) is 13.0. The van der Waals surface area contributed by atoms with Crippen LogP contribution in [0.15, 0.2) is 18.2 Å². The first-order chi connectivity index (χ1) is 8.93. The predicted octanol–water partition coefficient (Wildman–Crippen LogP) is 3.14. The number of nitrogens with one attached hydrogen (secondary N) is 1. The van der Waals surface area contributed by atoms with Gasteiger partial charge in [0.15, 0.2) is 5.11 Å². The van der Waals surface area contributed by atoms with Crippen molar-refractivity contribution in [1.82, 2.24) is 4.90 Å². The maximum Gasteiger partial charge on any atom is 0.305 e. The van der Waals surface area contributed by atoms with E-state index in [2.05, 4.69) is 5.32 Å². The number of aliphatic carboxylic acids is 1. The number of rotatable bonds is 5. The van der Waals surface area contributed by atoms with Crippen molar-refractivity contribution in [3.8, 4) is 0 Å². The van der Waals surface area contributed by atoms with Crippen molar-refractivity contribution in [2.75, 3.05) is 18.4 Å². The van der Waals surface area contributed by atoms with E-state index >= 15 is 0 Å². The molecule has 2 N–H and O–H groups in total. The standard InChI is InChI=1S/C13H17ClN2O2S/c1-3-16(7-6-12(17)18)13(19)15-11-5-4-10(14)8-9(11)2/h4-5,8H,3,6-7H2,1-2H3,(H,15,19)(H,17,18). The van der Waals surface area contributed by atoms with Crippen molar-refractivity contribution in [1.29, 1.82) is 0 Å². The van der Waals surface area contributed by atoms with E-state index < -0.39 is 5.97 Å².